The van der Waals surface area contributed by atoms with E-state index in [1.54, 1.807) is 19.1 Å². The van der Waals surface area contributed by atoms with Gasteiger partial charge in [0.1, 0.15) is 18.6 Å². The largest absolute Gasteiger partial charge is 0.618 e. The summed E-state index contributed by atoms with van der Waals surface area (Å²) in [5.41, 5.74) is 0.303. The number of carbonyl (C=O) groups excluding carboxylic acids is 1. The van der Waals surface area contributed by atoms with E-state index >= 15 is 0 Å². The van der Waals surface area contributed by atoms with Gasteiger partial charge in [-0.15, -0.1) is 0 Å². The third-order valence-corrected chi connectivity index (χ3v) is 5.19. The van der Waals surface area contributed by atoms with Gasteiger partial charge in [0.05, 0.1) is 6.04 Å². The minimum absolute atomic E-state index is 0.194. The summed E-state index contributed by atoms with van der Waals surface area (Å²) in [6.07, 6.45) is 1.29. The molecule has 1 aliphatic rings. The Labute approximate surface area is 151 Å². The molecule has 0 bridgehead atoms. The molecule has 0 saturated carbocycles. The van der Waals surface area contributed by atoms with Crippen LogP contribution >= 0.6 is 11.5 Å². The average Bonchev–Trinajstić information content (AvgIpc) is 2.99. The Hall–Kier alpha value is -3.07. The number of pyridine rings is 1. The SMILES string of the molecule is CC(NC(=O)n1sc2c(ccc[n+]2[O-])c1=O)c1ccc2c(c1)OCCO2. The number of carbonyl (C=O) groups is 1. The zero-order valence-electron chi connectivity index (χ0n) is 13.8. The molecule has 1 atom stereocenters. The molecule has 3 heterocycles. The number of amides is 1. The molecule has 1 aliphatic heterocycles. The van der Waals surface area contributed by atoms with Crippen LogP contribution in [0.5, 0.6) is 11.5 Å². The molecule has 1 amide bonds. The second-order valence-electron chi connectivity index (χ2n) is 5.82. The normalized spacial score (nSPS) is 14.2. The topological polar surface area (TPSA) is 96.5 Å². The number of hydrogen-bond donors (Lipinski definition) is 1. The van der Waals surface area contributed by atoms with Crippen LogP contribution in [0.1, 0.15) is 18.5 Å². The summed E-state index contributed by atoms with van der Waals surface area (Å²) in [5.74, 6) is 1.29. The van der Waals surface area contributed by atoms with Crippen molar-refractivity contribution in [2.24, 2.45) is 0 Å². The molecule has 1 N–H and O–H groups in total. The van der Waals surface area contributed by atoms with Crippen molar-refractivity contribution in [1.82, 2.24) is 9.27 Å². The van der Waals surface area contributed by atoms with Crippen LogP contribution < -0.4 is 25.1 Å². The van der Waals surface area contributed by atoms with E-state index < -0.39 is 11.6 Å². The van der Waals surface area contributed by atoms with E-state index in [0.29, 0.717) is 29.4 Å². The van der Waals surface area contributed by atoms with Crippen LogP contribution in [0.25, 0.3) is 10.2 Å². The van der Waals surface area contributed by atoms with Gasteiger partial charge in [0, 0.05) is 17.6 Å². The Kier molecular flexibility index (Phi) is 4.00. The molecular formula is C17H15N3O5S. The summed E-state index contributed by atoms with van der Waals surface area (Å²) < 4.78 is 12.6. The van der Waals surface area contributed by atoms with Crippen molar-refractivity contribution in [3.63, 3.8) is 0 Å². The van der Waals surface area contributed by atoms with Gasteiger partial charge in [-0.25, -0.2) is 4.79 Å². The van der Waals surface area contributed by atoms with Gasteiger partial charge in [0.15, 0.2) is 17.7 Å². The van der Waals surface area contributed by atoms with Gasteiger partial charge in [-0.2, -0.15) is 8.69 Å². The Morgan fingerprint density at radius 1 is 1.31 bits per heavy atom. The summed E-state index contributed by atoms with van der Waals surface area (Å²) in [7, 11) is 0. The molecule has 0 aliphatic carbocycles. The van der Waals surface area contributed by atoms with Gasteiger partial charge in [-0.3, -0.25) is 4.79 Å². The molecule has 8 nitrogen and oxygen atoms in total. The molecule has 134 valence electrons. The molecule has 4 rings (SSSR count). The first-order chi connectivity index (χ1) is 12.5. The van der Waals surface area contributed by atoms with Gasteiger partial charge >= 0.3 is 10.9 Å². The average molecular weight is 373 g/mol. The molecule has 26 heavy (non-hydrogen) atoms. The molecule has 1 aromatic carbocycles. The molecule has 0 radical (unpaired) electrons. The van der Waals surface area contributed by atoms with Crippen molar-refractivity contribution in [3.8, 4) is 11.5 Å². The first kappa shape index (κ1) is 16.4. The first-order valence-corrected chi connectivity index (χ1v) is 8.76. The van der Waals surface area contributed by atoms with E-state index in [1.165, 1.54) is 18.3 Å². The predicted molar refractivity (Wildman–Crippen MR) is 94.8 cm³/mol. The summed E-state index contributed by atoms with van der Waals surface area (Å²) in [6.45, 7) is 2.78. The third-order valence-electron chi connectivity index (χ3n) is 4.10. The number of hydrogen-bond acceptors (Lipinski definition) is 6. The summed E-state index contributed by atoms with van der Waals surface area (Å²) in [4.78, 5) is 25.1. The van der Waals surface area contributed by atoms with E-state index in [0.717, 1.165) is 21.1 Å². The Balaban J connectivity index is 1.59. The zero-order valence-corrected chi connectivity index (χ0v) is 14.6. The van der Waals surface area contributed by atoms with Gasteiger partial charge in [-0.05, 0) is 30.7 Å². The lowest BCUT2D eigenvalue weighted by atomic mass is 10.1. The number of rotatable bonds is 2. The number of ether oxygens (including phenoxy) is 2. The van der Waals surface area contributed by atoms with Gasteiger partial charge in [0.2, 0.25) is 0 Å². The summed E-state index contributed by atoms with van der Waals surface area (Å²) in [5, 5.41) is 14.7. The lowest BCUT2D eigenvalue weighted by Crippen LogP contribution is -2.34. The predicted octanol–water partition coefficient (Wildman–Crippen LogP) is 1.79. The molecule has 9 heteroatoms. The Morgan fingerprint density at radius 3 is 2.85 bits per heavy atom. The fourth-order valence-electron chi connectivity index (χ4n) is 2.75. The summed E-state index contributed by atoms with van der Waals surface area (Å²) in [6, 6.07) is 7.48. The van der Waals surface area contributed by atoms with E-state index in [4.69, 9.17) is 9.47 Å². The number of nitrogens with one attached hydrogen (secondary N) is 1. The van der Waals surface area contributed by atoms with Crippen molar-refractivity contribution in [3.05, 3.63) is 57.7 Å². The molecule has 3 aromatic rings. The van der Waals surface area contributed by atoms with Crippen LogP contribution in [0.15, 0.2) is 41.3 Å². The molecule has 0 spiro atoms. The number of benzene rings is 1. The van der Waals surface area contributed by atoms with E-state index in [9.17, 15) is 14.8 Å². The maximum atomic E-state index is 12.5. The fraction of sp³-hybridized carbons (Fsp3) is 0.235. The third kappa shape index (κ3) is 2.76. The fourth-order valence-corrected chi connectivity index (χ4v) is 3.64. The highest BCUT2D eigenvalue weighted by Crippen LogP contribution is 2.32. The van der Waals surface area contributed by atoms with Crippen molar-refractivity contribution < 1.29 is 19.0 Å². The number of nitrogens with zero attached hydrogens (tertiary/aromatic N) is 2. The highest BCUT2D eigenvalue weighted by molar-refractivity contribution is 7.13. The van der Waals surface area contributed by atoms with Crippen LogP contribution in [0.2, 0.25) is 0 Å². The molecule has 1 unspecified atom stereocenters. The molecule has 0 fully saturated rings. The second-order valence-corrected chi connectivity index (χ2v) is 6.75. The molecule has 0 saturated heterocycles. The number of fused-ring (bicyclic) bond motifs is 2. The minimum atomic E-state index is -0.585. The molecular weight excluding hydrogens is 358 g/mol. The highest BCUT2D eigenvalue weighted by Gasteiger charge is 2.21. The highest BCUT2D eigenvalue weighted by atomic mass is 32.1. The minimum Gasteiger partial charge on any atom is -0.618 e. The maximum absolute atomic E-state index is 12.5. The first-order valence-electron chi connectivity index (χ1n) is 7.99. The monoisotopic (exact) mass is 373 g/mol. The molecule has 2 aromatic heterocycles. The Morgan fingerprint density at radius 2 is 2.08 bits per heavy atom. The van der Waals surface area contributed by atoms with Gasteiger partial charge in [0.25, 0.3) is 5.56 Å². The lowest BCUT2D eigenvalue weighted by Gasteiger charge is -2.21. The number of aromatic nitrogens is 2. The quantitative estimate of drug-likeness (QED) is 0.546. The van der Waals surface area contributed by atoms with Gasteiger partial charge in [-0.1, -0.05) is 6.07 Å². The smallest absolute Gasteiger partial charge is 0.338 e. The van der Waals surface area contributed by atoms with Crippen LogP contribution in [-0.2, 0) is 0 Å². The zero-order chi connectivity index (χ0) is 18.3. The van der Waals surface area contributed by atoms with E-state index in [-0.39, 0.29) is 16.3 Å². The van der Waals surface area contributed by atoms with Crippen LogP contribution in [0.3, 0.4) is 0 Å². The van der Waals surface area contributed by atoms with Crippen LogP contribution in [0, 0.1) is 5.21 Å². The van der Waals surface area contributed by atoms with Crippen LogP contribution in [-0.4, -0.2) is 23.2 Å². The maximum Gasteiger partial charge on any atom is 0.338 e. The van der Waals surface area contributed by atoms with E-state index in [1.807, 2.05) is 6.07 Å². The standard InChI is InChI=1S/C17H15N3O5S/c1-10(11-4-5-13-14(9-11)25-8-7-24-13)18-17(22)20-15(21)12-3-2-6-19(23)16(12)26-20/h2-6,9-10H,7-8H2,1H3,(H,18,22). The van der Waals surface area contributed by atoms with Crippen molar-refractivity contribution in [1.29, 1.82) is 0 Å². The lowest BCUT2D eigenvalue weighted by molar-refractivity contribution is -0.574. The van der Waals surface area contributed by atoms with Crippen molar-refractivity contribution in [2.45, 2.75) is 13.0 Å². The van der Waals surface area contributed by atoms with Crippen molar-refractivity contribution in [2.75, 3.05) is 13.2 Å². The van der Waals surface area contributed by atoms with Crippen LogP contribution in [0.4, 0.5) is 4.79 Å². The Bertz CT molecular complexity index is 1060. The van der Waals surface area contributed by atoms with E-state index in [2.05, 4.69) is 5.32 Å². The van der Waals surface area contributed by atoms with Gasteiger partial charge < -0.3 is 20.0 Å². The summed E-state index contributed by atoms with van der Waals surface area (Å²) >= 11 is 0.817. The second kappa shape index (κ2) is 6.34. The van der Waals surface area contributed by atoms with Crippen molar-refractivity contribution >= 4 is 27.8 Å².